The first-order chi connectivity index (χ1) is 13.7. The minimum absolute atomic E-state index is 0.396. The molecule has 0 aliphatic carbocycles. The second kappa shape index (κ2) is 8.53. The van der Waals surface area contributed by atoms with Gasteiger partial charge in [0.05, 0.1) is 18.4 Å². The van der Waals surface area contributed by atoms with Gasteiger partial charge in [-0.3, -0.25) is 4.90 Å². The Morgan fingerprint density at radius 1 is 1.18 bits per heavy atom. The van der Waals surface area contributed by atoms with E-state index in [9.17, 15) is 0 Å². The SMILES string of the molecule is CCOc1ccccc1-c1nn(C[NH+]2CCN(c3cccc[nH+]3)CC2)c(=S)o1. The van der Waals surface area contributed by atoms with Gasteiger partial charge in [-0.15, -0.1) is 5.10 Å². The van der Waals surface area contributed by atoms with Crippen molar-refractivity contribution in [1.29, 1.82) is 0 Å². The summed E-state index contributed by atoms with van der Waals surface area (Å²) in [6, 6.07) is 13.9. The summed E-state index contributed by atoms with van der Waals surface area (Å²) in [7, 11) is 0. The smallest absolute Gasteiger partial charge is 0.292 e. The molecule has 0 bridgehead atoms. The van der Waals surface area contributed by atoms with E-state index in [1.807, 2.05) is 43.5 Å². The van der Waals surface area contributed by atoms with Crippen LogP contribution < -0.4 is 19.5 Å². The van der Waals surface area contributed by atoms with Crippen molar-refractivity contribution in [2.24, 2.45) is 0 Å². The second-order valence-corrected chi connectivity index (χ2v) is 7.09. The molecule has 2 N–H and O–H groups in total. The third-order valence-electron chi connectivity index (χ3n) is 4.90. The van der Waals surface area contributed by atoms with Crippen LogP contribution >= 0.6 is 12.2 Å². The summed E-state index contributed by atoms with van der Waals surface area (Å²) in [6.45, 7) is 7.25. The number of hydrogen-bond donors (Lipinski definition) is 1. The molecule has 1 aliphatic rings. The molecular formula is C20H25N5O2S+2. The largest absolute Gasteiger partial charge is 0.493 e. The molecule has 1 fully saturated rings. The van der Waals surface area contributed by atoms with Crippen molar-refractivity contribution in [1.82, 2.24) is 9.78 Å². The summed E-state index contributed by atoms with van der Waals surface area (Å²) >= 11 is 5.41. The number of pyridine rings is 1. The standard InChI is InChI=1S/C20H23N5O2S/c1-2-26-17-8-4-3-7-16(17)19-22-25(20(28)27-19)15-23-11-13-24(14-12-23)18-9-5-6-10-21-18/h3-10H,2,11-15H2,1H3/p+2. The molecule has 0 unspecified atom stereocenters. The average molecular weight is 400 g/mol. The van der Waals surface area contributed by atoms with E-state index in [0.717, 1.165) is 43.3 Å². The first kappa shape index (κ1) is 18.6. The summed E-state index contributed by atoms with van der Waals surface area (Å²) in [4.78, 5) is 7.50. The lowest BCUT2D eigenvalue weighted by Gasteiger charge is -2.27. The van der Waals surface area contributed by atoms with Gasteiger partial charge in [-0.1, -0.05) is 18.2 Å². The molecule has 146 valence electrons. The van der Waals surface area contributed by atoms with E-state index in [2.05, 4.69) is 27.1 Å². The number of aromatic amines is 1. The van der Waals surface area contributed by atoms with E-state index in [1.54, 1.807) is 4.68 Å². The molecule has 4 rings (SSSR count). The number of para-hydroxylation sites is 1. The maximum Gasteiger partial charge on any atom is 0.292 e. The molecule has 28 heavy (non-hydrogen) atoms. The molecule has 2 aromatic heterocycles. The molecule has 8 heteroatoms. The molecule has 3 aromatic rings. The molecule has 7 nitrogen and oxygen atoms in total. The van der Waals surface area contributed by atoms with Gasteiger partial charge in [0.25, 0.3) is 16.5 Å². The fraction of sp³-hybridized carbons (Fsp3) is 0.350. The number of benzene rings is 1. The highest BCUT2D eigenvalue weighted by atomic mass is 32.1. The number of aromatic nitrogens is 3. The number of nitrogens with one attached hydrogen (secondary N) is 2. The van der Waals surface area contributed by atoms with Crippen molar-refractivity contribution >= 4 is 18.0 Å². The van der Waals surface area contributed by atoms with Crippen molar-refractivity contribution < 1.29 is 19.0 Å². The van der Waals surface area contributed by atoms with E-state index in [0.29, 0.717) is 24.0 Å². The van der Waals surface area contributed by atoms with Gasteiger partial charge < -0.3 is 14.1 Å². The number of hydrogen-bond acceptors (Lipinski definition) is 5. The zero-order valence-corrected chi connectivity index (χ0v) is 16.7. The molecule has 0 spiro atoms. The molecule has 0 saturated carbocycles. The van der Waals surface area contributed by atoms with Crippen LogP contribution in [0.3, 0.4) is 0 Å². The van der Waals surface area contributed by atoms with E-state index >= 15 is 0 Å². The summed E-state index contributed by atoms with van der Waals surface area (Å²) in [6.07, 6.45) is 1.96. The highest BCUT2D eigenvalue weighted by molar-refractivity contribution is 7.71. The van der Waals surface area contributed by atoms with Gasteiger partial charge in [-0.2, -0.15) is 4.68 Å². The van der Waals surface area contributed by atoms with Crippen molar-refractivity contribution in [2.75, 3.05) is 37.7 Å². The van der Waals surface area contributed by atoms with Gasteiger partial charge in [0.1, 0.15) is 31.9 Å². The number of nitrogens with zero attached hydrogens (tertiary/aromatic N) is 3. The van der Waals surface area contributed by atoms with E-state index in [1.165, 1.54) is 4.90 Å². The van der Waals surface area contributed by atoms with Gasteiger partial charge in [0.15, 0.2) is 6.67 Å². The molecule has 3 heterocycles. The Labute approximate surface area is 169 Å². The Morgan fingerprint density at radius 3 is 2.71 bits per heavy atom. The molecule has 0 atom stereocenters. The zero-order chi connectivity index (χ0) is 19.3. The third-order valence-corrected chi connectivity index (χ3v) is 5.19. The Bertz CT molecular complexity index is 964. The summed E-state index contributed by atoms with van der Waals surface area (Å²) in [5.74, 6) is 2.42. The van der Waals surface area contributed by atoms with Crippen LogP contribution in [0.25, 0.3) is 11.5 Å². The molecule has 1 saturated heterocycles. The quantitative estimate of drug-likeness (QED) is 0.636. The fourth-order valence-electron chi connectivity index (χ4n) is 3.45. The highest BCUT2D eigenvalue weighted by Gasteiger charge is 2.26. The Morgan fingerprint density at radius 2 is 1.96 bits per heavy atom. The minimum Gasteiger partial charge on any atom is -0.493 e. The minimum atomic E-state index is 0.396. The van der Waals surface area contributed by atoms with Crippen LogP contribution in [-0.4, -0.2) is 42.6 Å². The second-order valence-electron chi connectivity index (χ2n) is 6.74. The fourth-order valence-corrected chi connectivity index (χ4v) is 3.64. The summed E-state index contributed by atoms with van der Waals surface area (Å²) in [5.41, 5.74) is 0.827. The maximum absolute atomic E-state index is 5.78. The molecule has 1 aromatic carbocycles. The van der Waals surface area contributed by atoms with Crippen LogP contribution in [0.2, 0.25) is 0 Å². The van der Waals surface area contributed by atoms with Crippen LogP contribution in [0.4, 0.5) is 5.82 Å². The first-order valence-electron chi connectivity index (χ1n) is 9.60. The van der Waals surface area contributed by atoms with E-state index < -0.39 is 0 Å². The molecular weight excluding hydrogens is 374 g/mol. The maximum atomic E-state index is 5.78. The first-order valence-corrected chi connectivity index (χ1v) is 10.0. The van der Waals surface area contributed by atoms with E-state index in [4.69, 9.17) is 21.4 Å². The monoisotopic (exact) mass is 399 g/mol. The predicted octanol–water partition coefficient (Wildman–Crippen LogP) is 1.45. The van der Waals surface area contributed by atoms with Gasteiger partial charge in [-0.25, -0.2) is 4.98 Å². The summed E-state index contributed by atoms with van der Waals surface area (Å²) < 4.78 is 13.2. The van der Waals surface area contributed by atoms with Crippen LogP contribution in [0.1, 0.15) is 6.92 Å². The Kier molecular flexibility index (Phi) is 5.68. The normalized spacial score (nSPS) is 15.0. The van der Waals surface area contributed by atoms with Crippen molar-refractivity contribution in [3.8, 4) is 17.2 Å². The average Bonchev–Trinajstić information content (AvgIpc) is 3.10. The number of piperazine rings is 1. The topological polar surface area (TPSA) is 62.0 Å². The van der Waals surface area contributed by atoms with Gasteiger partial charge in [0, 0.05) is 6.07 Å². The predicted molar refractivity (Wildman–Crippen MR) is 108 cm³/mol. The lowest BCUT2D eigenvalue weighted by molar-refractivity contribution is -0.924. The number of quaternary nitrogens is 1. The van der Waals surface area contributed by atoms with Crippen molar-refractivity contribution in [2.45, 2.75) is 13.6 Å². The lowest BCUT2D eigenvalue weighted by atomic mass is 10.2. The Hall–Kier alpha value is -2.71. The highest BCUT2D eigenvalue weighted by Crippen LogP contribution is 2.28. The number of H-pyrrole nitrogens is 1. The molecule has 1 aliphatic heterocycles. The summed E-state index contributed by atoms with van der Waals surface area (Å²) in [5, 5.41) is 4.62. The Balaban J connectivity index is 1.44. The zero-order valence-electron chi connectivity index (χ0n) is 15.9. The van der Waals surface area contributed by atoms with Gasteiger partial charge in [0.2, 0.25) is 0 Å². The van der Waals surface area contributed by atoms with Crippen LogP contribution in [0.5, 0.6) is 5.75 Å². The lowest BCUT2D eigenvalue weighted by Crippen LogP contribution is -3.14. The number of ether oxygens (including phenoxy) is 1. The number of rotatable bonds is 6. The molecule has 0 amide bonds. The van der Waals surface area contributed by atoms with Crippen molar-refractivity contribution in [3.63, 3.8) is 0 Å². The third kappa shape index (κ3) is 4.07. The van der Waals surface area contributed by atoms with Crippen molar-refractivity contribution in [3.05, 3.63) is 53.5 Å². The molecule has 0 radical (unpaired) electrons. The van der Waals surface area contributed by atoms with E-state index in [-0.39, 0.29) is 0 Å². The van der Waals surface area contributed by atoms with Gasteiger partial charge >= 0.3 is 0 Å². The van der Waals surface area contributed by atoms with Gasteiger partial charge in [-0.05, 0) is 37.3 Å². The van der Waals surface area contributed by atoms with Crippen LogP contribution in [-0.2, 0) is 6.67 Å². The number of anilines is 1. The van der Waals surface area contributed by atoms with Crippen LogP contribution in [0.15, 0.2) is 53.1 Å². The van der Waals surface area contributed by atoms with Crippen LogP contribution in [0, 0.1) is 4.84 Å².